The van der Waals surface area contributed by atoms with E-state index in [1.54, 1.807) is 6.20 Å². The van der Waals surface area contributed by atoms with Crippen LogP contribution in [0.1, 0.15) is 50.6 Å². The maximum Gasteiger partial charge on any atom is 0.224 e. The van der Waals surface area contributed by atoms with Crippen LogP contribution in [-0.2, 0) is 4.79 Å². The third-order valence-corrected chi connectivity index (χ3v) is 3.63. The molecule has 0 aromatic carbocycles. The lowest BCUT2D eigenvalue weighted by molar-refractivity contribution is -0.125. The molecule has 3 nitrogen and oxygen atoms in total. The van der Waals surface area contributed by atoms with E-state index in [0.29, 0.717) is 0 Å². The van der Waals surface area contributed by atoms with Gasteiger partial charge >= 0.3 is 0 Å². The third-order valence-electron chi connectivity index (χ3n) is 3.63. The molecule has 102 valence electrons. The van der Waals surface area contributed by atoms with Gasteiger partial charge in [-0.3, -0.25) is 9.78 Å². The van der Waals surface area contributed by atoms with Crippen molar-refractivity contribution in [3.8, 4) is 0 Å². The summed E-state index contributed by atoms with van der Waals surface area (Å²) >= 11 is 0. The van der Waals surface area contributed by atoms with Gasteiger partial charge in [0.15, 0.2) is 0 Å². The molecule has 1 atom stereocenters. The number of unbranched alkanes of at least 4 members (excludes halogenated alkanes) is 1. The zero-order valence-corrected chi connectivity index (χ0v) is 11.5. The topological polar surface area (TPSA) is 42.0 Å². The minimum Gasteiger partial charge on any atom is -0.349 e. The van der Waals surface area contributed by atoms with Crippen molar-refractivity contribution in [2.75, 3.05) is 0 Å². The molecule has 1 aromatic heterocycles. The number of hydrogen-bond donors (Lipinski definition) is 1. The van der Waals surface area contributed by atoms with Crippen LogP contribution in [-0.4, -0.2) is 10.9 Å². The van der Waals surface area contributed by atoms with E-state index in [2.05, 4.69) is 29.4 Å². The van der Waals surface area contributed by atoms with Crippen molar-refractivity contribution in [3.63, 3.8) is 0 Å². The quantitative estimate of drug-likeness (QED) is 0.795. The lowest BCUT2D eigenvalue weighted by Gasteiger charge is -2.21. The number of pyridine rings is 1. The fraction of sp³-hybridized carbons (Fsp3) is 0.500. The van der Waals surface area contributed by atoms with Gasteiger partial charge in [0, 0.05) is 18.3 Å². The normalized spacial score (nSPS) is 16.5. The number of hydrogen-bond acceptors (Lipinski definition) is 2. The lowest BCUT2D eigenvalue weighted by atomic mass is 10.0. The smallest absolute Gasteiger partial charge is 0.224 e. The summed E-state index contributed by atoms with van der Waals surface area (Å²) in [4.78, 5) is 16.4. The molecule has 1 heterocycles. The van der Waals surface area contributed by atoms with Gasteiger partial charge in [-0.15, -0.1) is 0 Å². The summed E-state index contributed by atoms with van der Waals surface area (Å²) in [5, 5.41) is 3.19. The molecule has 2 rings (SSSR count). The van der Waals surface area contributed by atoms with Gasteiger partial charge in [0.05, 0.1) is 6.04 Å². The number of rotatable bonds is 6. The Kier molecular flexibility index (Phi) is 5.13. The fourth-order valence-corrected chi connectivity index (χ4v) is 2.43. The van der Waals surface area contributed by atoms with Crippen LogP contribution in [0.4, 0.5) is 0 Å². The van der Waals surface area contributed by atoms with E-state index in [0.717, 1.165) is 37.7 Å². The number of nitrogens with one attached hydrogen (secondary N) is 1. The Morgan fingerprint density at radius 1 is 1.47 bits per heavy atom. The Labute approximate surface area is 115 Å². The Morgan fingerprint density at radius 3 is 2.89 bits per heavy atom. The molecule has 1 aliphatic rings. The zero-order chi connectivity index (χ0) is 13.5. The SMILES string of the molecule is CCCCC(NC(=O)C1CC=CC1)c1cccnc1. The van der Waals surface area contributed by atoms with Gasteiger partial charge in [-0.1, -0.05) is 38.0 Å². The standard InChI is InChI=1S/C16H22N2O/c1-2-3-10-15(14-9-6-11-17-12-14)18-16(19)13-7-4-5-8-13/h4-6,9,11-13,15H,2-3,7-8,10H2,1H3,(H,18,19). The average Bonchev–Trinajstić information content (AvgIpc) is 2.98. The molecule has 1 unspecified atom stereocenters. The minimum atomic E-state index is 0.0988. The summed E-state index contributed by atoms with van der Waals surface area (Å²) in [5.41, 5.74) is 1.11. The van der Waals surface area contributed by atoms with Crippen molar-refractivity contribution >= 4 is 5.91 Å². The van der Waals surface area contributed by atoms with E-state index in [-0.39, 0.29) is 17.9 Å². The van der Waals surface area contributed by atoms with Crippen molar-refractivity contribution in [3.05, 3.63) is 42.2 Å². The molecule has 3 heteroatoms. The summed E-state index contributed by atoms with van der Waals surface area (Å²) in [6.07, 6.45) is 12.8. The van der Waals surface area contributed by atoms with E-state index in [1.165, 1.54) is 0 Å². The molecule has 0 aliphatic heterocycles. The van der Waals surface area contributed by atoms with Crippen LogP contribution in [0.25, 0.3) is 0 Å². The number of carbonyl (C=O) groups excluding carboxylic acids is 1. The van der Waals surface area contributed by atoms with Gasteiger partial charge < -0.3 is 5.32 Å². The van der Waals surface area contributed by atoms with Crippen LogP contribution in [0, 0.1) is 5.92 Å². The van der Waals surface area contributed by atoms with Crippen molar-refractivity contribution in [1.82, 2.24) is 10.3 Å². The molecule has 0 fully saturated rings. The maximum absolute atomic E-state index is 12.2. The van der Waals surface area contributed by atoms with E-state index in [1.807, 2.05) is 18.3 Å². The zero-order valence-electron chi connectivity index (χ0n) is 11.5. The van der Waals surface area contributed by atoms with Gasteiger partial charge in [-0.25, -0.2) is 0 Å². The van der Waals surface area contributed by atoms with Crippen LogP contribution in [0.3, 0.4) is 0 Å². The Bertz CT molecular complexity index is 420. The maximum atomic E-state index is 12.2. The van der Waals surface area contributed by atoms with E-state index >= 15 is 0 Å². The van der Waals surface area contributed by atoms with Crippen molar-refractivity contribution < 1.29 is 4.79 Å². The first kappa shape index (κ1) is 13.8. The highest BCUT2D eigenvalue weighted by Gasteiger charge is 2.22. The lowest BCUT2D eigenvalue weighted by Crippen LogP contribution is -2.33. The number of allylic oxidation sites excluding steroid dienone is 2. The highest BCUT2D eigenvalue weighted by atomic mass is 16.1. The summed E-state index contributed by atoms with van der Waals surface area (Å²) in [5.74, 6) is 0.302. The highest BCUT2D eigenvalue weighted by Crippen LogP contribution is 2.22. The largest absolute Gasteiger partial charge is 0.349 e. The van der Waals surface area contributed by atoms with Gasteiger partial charge in [0.25, 0.3) is 0 Å². The molecule has 1 aromatic rings. The second kappa shape index (κ2) is 7.07. The monoisotopic (exact) mass is 258 g/mol. The first-order valence-corrected chi connectivity index (χ1v) is 7.16. The molecule has 1 aliphatic carbocycles. The molecule has 0 spiro atoms. The first-order chi connectivity index (χ1) is 9.31. The molecular formula is C16H22N2O. The van der Waals surface area contributed by atoms with Gasteiger partial charge in [0.2, 0.25) is 5.91 Å². The van der Waals surface area contributed by atoms with Crippen LogP contribution < -0.4 is 5.32 Å². The second-order valence-corrected chi connectivity index (χ2v) is 5.13. The van der Waals surface area contributed by atoms with E-state index in [9.17, 15) is 4.79 Å². The minimum absolute atomic E-state index is 0.0988. The molecule has 0 bridgehead atoms. The highest BCUT2D eigenvalue weighted by molar-refractivity contribution is 5.79. The summed E-state index contributed by atoms with van der Waals surface area (Å²) in [6.45, 7) is 2.17. The van der Waals surface area contributed by atoms with Gasteiger partial charge in [-0.05, 0) is 30.9 Å². The predicted octanol–water partition coefficient (Wildman–Crippen LogP) is 3.40. The van der Waals surface area contributed by atoms with Gasteiger partial charge in [-0.2, -0.15) is 0 Å². The fourth-order valence-electron chi connectivity index (χ4n) is 2.43. The number of nitrogens with zero attached hydrogens (tertiary/aromatic N) is 1. The van der Waals surface area contributed by atoms with Crippen molar-refractivity contribution in [2.24, 2.45) is 5.92 Å². The molecule has 0 saturated heterocycles. The number of amides is 1. The van der Waals surface area contributed by atoms with Crippen LogP contribution >= 0.6 is 0 Å². The molecule has 0 saturated carbocycles. The third kappa shape index (κ3) is 3.91. The Balaban J connectivity index is 1.99. The second-order valence-electron chi connectivity index (χ2n) is 5.13. The predicted molar refractivity (Wildman–Crippen MR) is 76.5 cm³/mol. The molecule has 0 radical (unpaired) electrons. The van der Waals surface area contributed by atoms with Crippen LogP contribution in [0.15, 0.2) is 36.7 Å². The molecule has 1 N–H and O–H groups in total. The average molecular weight is 258 g/mol. The van der Waals surface area contributed by atoms with Crippen LogP contribution in [0.5, 0.6) is 0 Å². The van der Waals surface area contributed by atoms with E-state index in [4.69, 9.17) is 0 Å². The molecule has 19 heavy (non-hydrogen) atoms. The van der Waals surface area contributed by atoms with Crippen molar-refractivity contribution in [1.29, 1.82) is 0 Å². The summed E-state index contributed by atoms with van der Waals surface area (Å²) < 4.78 is 0. The Hall–Kier alpha value is -1.64. The summed E-state index contributed by atoms with van der Waals surface area (Å²) in [6, 6.07) is 4.07. The Morgan fingerprint density at radius 2 is 2.26 bits per heavy atom. The van der Waals surface area contributed by atoms with Crippen molar-refractivity contribution in [2.45, 2.75) is 45.1 Å². The van der Waals surface area contributed by atoms with Crippen LogP contribution in [0.2, 0.25) is 0 Å². The number of carbonyl (C=O) groups is 1. The molecule has 1 amide bonds. The summed E-state index contributed by atoms with van der Waals surface area (Å²) in [7, 11) is 0. The number of aromatic nitrogens is 1. The molecular weight excluding hydrogens is 236 g/mol. The van der Waals surface area contributed by atoms with Gasteiger partial charge in [0.1, 0.15) is 0 Å². The first-order valence-electron chi connectivity index (χ1n) is 7.16. The van der Waals surface area contributed by atoms with E-state index < -0.39 is 0 Å².